The summed E-state index contributed by atoms with van der Waals surface area (Å²) >= 11 is 0. The van der Waals surface area contributed by atoms with Gasteiger partial charge in [0.25, 0.3) is 6.43 Å². The zero-order valence-corrected chi connectivity index (χ0v) is 10.3. The van der Waals surface area contributed by atoms with Gasteiger partial charge in [0.1, 0.15) is 5.82 Å². The predicted octanol–water partition coefficient (Wildman–Crippen LogP) is 2.62. The van der Waals surface area contributed by atoms with Gasteiger partial charge in [0.15, 0.2) is 0 Å². The van der Waals surface area contributed by atoms with Crippen LogP contribution in [0.25, 0.3) is 6.08 Å². The molecule has 0 bridgehead atoms. The smallest absolute Gasteiger partial charge is 0.328 e. The van der Waals surface area contributed by atoms with Crippen LogP contribution in [0.1, 0.15) is 11.1 Å². The Hall–Kier alpha value is -1.82. The zero-order valence-electron chi connectivity index (χ0n) is 10.3. The molecule has 6 heteroatoms. The molecule has 0 heterocycles. The second-order valence-corrected chi connectivity index (χ2v) is 4.15. The van der Waals surface area contributed by atoms with Crippen LogP contribution in [0.4, 0.5) is 13.2 Å². The fourth-order valence-corrected chi connectivity index (χ4v) is 1.64. The van der Waals surface area contributed by atoms with E-state index >= 15 is 0 Å². The van der Waals surface area contributed by atoms with Crippen LogP contribution in [0.15, 0.2) is 24.3 Å². The zero-order chi connectivity index (χ0) is 14.4. The standard InChI is InChI=1S/C13H14F3NO2/c1-17(8-12(15)16)7-10-4-9(2-3-13(18)19)5-11(14)6-10/h2-6,12H,7-8H2,1H3,(H,18,19)/b3-2+. The van der Waals surface area contributed by atoms with Crippen molar-refractivity contribution in [3.8, 4) is 0 Å². The van der Waals surface area contributed by atoms with Crippen molar-refractivity contribution < 1.29 is 23.1 Å². The number of halogens is 3. The van der Waals surface area contributed by atoms with E-state index in [0.717, 1.165) is 6.08 Å². The molecule has 104 valence electrons. The van der Waals surface area contributed by atoms with Crippen LogP contribution in [0.5, 0.6) is 0 Å². The van der Waals surface area contributed by atoms with Gasteiger partial charge in [0.05, 0.1) is 6.54 Å². The third-order valence-electron chi connectivity index (χ3n) is 2.30. The predicted molar refractivity (Wildman–Crippen MR) is 65.4 cm³/mol. The van der Waals surface area contributed by atoms with Crippen LogP contribution in [0, 0.1) is 5.82 Å². The van der Waals surface area contributed by atoms with Crippen molar-refractivity contribution in [2.75, 3.05) is 13.6 Å². The normalized spacial score (nSPS) is 11.7. The molecule has 0 unspecified atom stereocenters. The second-order valence-electron chi connectivity index (χ2n) is 4.15. The lowest BCUT2D eigenvalue weighted by atomic mass is 10.1. The lowest BCUT2D eigenvalue weighted by Gasteiger charge is -2.16. The van der Waals surface area contributed by atoms with E-state index < -0.39 is 24.8 Å². The molecule has 1 aromatic carbocycles. The maximum atomic E-state index is 13.3. The molecule has 0 aliphatic rings. The van der Waals surface area contributed by atoms with Crippen LogP contribution in [0.3, 0.4) is 0 Å². The van der Waals surface area contributed by atoms with Gasteiger partial charge in [-0.05, 0) is 36.4 Å². The van der Waals surface area contributed by atoms with Crippen LogP contribution in [0.2, 0.25) is 0 Å². The van der Waals surface area contributed by atoms with Gasteiger partial charge < -0.3 is 5.11 Å². The number of hydrogen-bond donors (Lipinski definition) is 1. The summed E-state index contributed by atoms with van der Waals surface area (Å²) in [6.45, 7) is -0.243. The monoisotopic (exact) mass is 273 g/mol. The van der Waals surface area contributed by atoms with E-state index in [4.69, 9.17) is 5.11 Å². The molecule has 0 saturated heterocycles. The Morgan fingerprint density at radius 1 is 1.42 bits per heavy atom. The maximum absolute atomic E-state index is 13.3. The molecule has 0 fully saturated rings. The minimum Gasteiger partial charge on any atom is -0.478 e. The van der Waals surface area contributed by atoms with E-state index in [-0.39, 0.29) is 6.54 Å². The molecule has 0 atom stereocenters. The highest BCUT2D eigenvalue weighted by Crippen LogP contribution is 2.13. The Morgan fingerprint density at radius 2 is 2.11 bits per heavy atom. The van der Waals surface area contributed by atoms with Crippen LogP contribution >= 0.6 is 0 Å². The van der Waals surface area contributed by atoms with E-state index in [9.17, 15) is 18.0 Å². The fourth-order valence-electron chi connectivity index (χ4n) is 1.64. The molecular weight excluding hydrogens is 259 g/mol. The van der Waals surface area contributed by atoms with Gasteiger partial charge in [-0.2, -0.15) is 0 Å². The van der Waals surface area contributed by atoms with E-state index in [2.05, 4.69) is 0 Å². The second kappa shape index (κ2) is 6.94. The summed E-state index contributed by atoms with van der Waals surface area (Å²) < 4.78 is 37.6. The van der Waals surface area contributed by atoms with Gasteiger partial charge in [-0.1, -0.05) is 6.07 Å². The van der Waals surface area contributed by atoms with Crippen molar-refractivity contribution in [1.82, 2.24) is 4.90 Å². The number of nitrogens with zero attached hydrogens (tertiary/aromatic N) is 1. The van der Waals surface area contributed by atoms with E-state index in [1.165, 1.54) is 30.2 Å². The molecule has 0 aliphatic heterocycles. The summed E-state index contributed by atoms with van der Waals surface area (Å²) in [6.07, 6.45) is -0.311. The van der Waals surface area contributed by atoms with Gasteiger partial charge in [-0.25, -0.2) is 18.0 Å². The average Bonchev–Trinajstić information content (AvgIpc) is 2.24. The first kappa shape index (κ1) is 15.2. The Balaban J connectivity index is 2.81. The largest absolute Gasteiger partial charge is 0.478 e. The molecule has 1 aromatic rings. The van der Waals surface area contributed by atoms with Crippen molar-refractivity contribution >= 4 is 12.0 Å². The van der Waals surface area contributed by atoms with Crippen LogP contribution in [-0.2, 0) is 11.3 Å². The SMILES string of the molecule is CN(Cc1cc(F)cc(/C=C/C(=O)O)c1)CC(F)F. The number of carboxylic acid groups (broad SMARTS) is 1. The average molecular weight is 273 g/mol. The molecular formula is C13H14F3NO2. The number of carboxylic acids is 1. The highest BCUT2D eigenvalue weighted by atomic mass is 19.3. The lowest BCUT2D eigenvalue weighted by Crippen LogP contribution is -2.24. The van der Waals surface area contributed by atoms with Gasteiger partial charge in [-0.15, -0.1) is 0 Å². The topological polar surface area (TPSA) is 40.5 Å². The summed E-state index contributed by atoms with van der Waals surface area (Å²) in [5.41, 5.74) is 0.885. The van der Waals surface area contributed by atoms with E-state index in [1.807, 2.05) is 0 Å². The number of benzene rings is 1. The van der Waals surface area contributed by atoms with Gasteiger partial charge in [0.2, 0.25) is 0 Å². The Bertz CT molecular complexity index is 475. The fraction of sp³-hybridized carbons (Fsp3) is 0.308. The lowest BCUT2D eigenvalue weighted by molar-refractivity contribution is -0.131. The van der Waals surface area contributed by atoms with Crippen LogP contribution in [-0.4, -0.2) is 36.0 Å². The summed E-state index contributed by atoms with van der Waals surface area (Å²) in [4.78, 5) is 11.7. The van der Waals surface area contributed by atoms with Gasteiger partial charge in [0, 0.05) is 12.6 Å². The molecule has 0 aromatic heterocycles. The summed E-state index contributed by atoms with van der Waals surface area (Å²) in [5, 5.41) is 8.49. The quantitative estimate of drug-likeness (QED) is 0.810. The molecule has 1 N–H and O–H groups in total. The number of aliphatic carboxylic acids is 1. The molecule has 0 amide bonds. The van der Waals surface area contributed by atoms with E-state index in [0.29, 0.717) is 11.1 Å². The summed E-state index contributed by atoms with van der Waals surface area (Å²) in [5.74, 6) is -1.67. The molecule has 0 spiro atoms. The number of carbonyl (C=O) groups is 1. The first-order valence-electron chi connectivity index (χ1n) is 5.54. The van der Waals surface area contributed by atoms with Crippen LogP contribution < -0.4 is 0 Å². The maximum Gasteiger partial charge on any atom is 0.328 e. The van der Waals surface area contributed by atoms with Crippen molar-refractivity contribution in [1.29, 1.82) is 0 Å². The minimum atomic E-state index is -2.45. The van der Waals surface area contributed by atoms with Crippen molar-refractivity contribution in [2.45, 2.75) is 13.0 Å². The first-order chi connectivity index (χ1) is 8.86. The molecule has 0 radical (unpaired) electrons. The highest BCUT2D eigenvalue weighted by Gasteiger charge is 2.09. The van der Waals surface area contributed by atoms with Crippen molar-refractivity contribution in [3.05, 3.63) is 41.2 Å². The summed E-state index contributed by atoms with van der Waals surface area (Å²) in [7, 11) is 1.50. The molecule has 19 heavy (non-hydrogen) atoms. The van der Waals surface area contributed by atoms with Crippen molar-refractivity contribution in [2.24, 2.45) is 0 Å². The first-order valence-corrected chi connectivity index (χ1v) is 5.54. The number of rotatable bonds is 6. The minimum absolute atomic E-state index is 0.163. The molecule has 0 aliphatic carbocycles. The third kappa shape index (κ3) is 6.05. The number of hydrogen-bond acceptors (Lipinski definition) is 2. The Labute approximate surface area is 109 Å². The Morgan fingerprint density at radius 3 is 2.68 bits per heavy atom. The third-order valence-corrected chi connectivity index (χ3v) is 2.30. The highest BCUT2D eigenvalue weighted by molar-refractivity contribution is 5.85. The Kier molecular flexibility index (Phi) is 5.57. The number of alkyl halides is 2. The molecule has 1 rings (SSSR count). The van der Waals surface area contributed by atoms with Gasteiger partial charge in [-0.3, -0.25) is 4.90 Å². The molecule has 0 saturated carbocycles. The van der Waals surface area contributed by atoms with Crippen molar-refractivity contribution in [3.63, 3.8) is 0 Å². The molecule has 3 nitrogen and oxygen atoms in total. The summed E-state index contributed by atoms with van der Waals surface area (Å²) in [6, 6.07) is 3.97. The van der Waals surface area contributed by atoms with E-state index in [1.54, 1.807) is 6.07 Å². The van der Waals surface area contributed by atoms with Gasteiger partial charge >= 0.3 is 5.97 Å².